The van der Waals surface area contributed by atoms with Gasteiger partial charge in [0, 0.05) is 19.2 Å². The van der Waals surface area contributed by atoms with Gasteiger partial charge >= 0.3 is 0 Å². The van der Waals surface area contributed by atoms with E-state index in [0.29, 0.717) is 48.9 Å². The molecule has 1 amide bonds. The van der Waals surface area contributed by atoms with Crippen molar-refractivity contribution in [3.05, 3.63) is 41.4 Å². The molecule has 2 aromatic carbocycles. The summed E-state index contributed by atoms with van der Waals surface area (Å²) in [5, 5.41) is 3.07. The first-order valence-corrected chi connectivity index (χ1v) is 12.1. The molecule has 0 aliphatic carbocycles. The van der Waals surface area contributed by atoms with Crippen LogP contribution in [0.15, 0.2) is 41.3 Å². The summed E-state index contributed by atoms with van der Waals surface area (Å²) in [4.78, 5) is 13.0. The monoisotopic (exact) mass is 482 g/mol. The van der Waals surface area contributed by atoms with Gasteiger partial charge in [0.05, 0.1) is 42.3 Å². The number of carbonyl (C=O) groups is 1. The number of anilines is 1. The number of halogens is 1. The van der Waals surface area contributed by atoms with E-state index in [4.69, 9.17) is 25.8 Å². The maximum absolute atomic E-state index is 13.2. The van der Waals surface area contributed by atoms with Gasteiger partial charge in [0.25, 0.3) is 0 Å². The van der Waals surface area contributed by atoms with Crippen LogP contribution in [0.4, 0.5) is 5.69 Å². The lowest BCUT2D eigenvalue weighted by Gasteiger charge is -2.31. The van der Waals surface area contributed by atoms with Crippen molar-refractivity contribution in [1.29, 1.82) is 0 Å². The Kier molecular flexibility index (Phi) is 7.86. The number of sulfonamides is 1. The molecule has 0 bridgehead atoms. The van der Waals surface area contributed by atoms with Crippen LogP contribution in [0.5, 0.6) is 17.2 Å². The average molecular weight is 483 g/mol. The maximum Gasteiger partial charge on any atom is 0.243 e. The fourth-order valence-electron chi connectivity index (χ4n) is 3.58. The Morgan fingerprint density at radius 3 is 2.56 bits per heavy atom. The van der Waals surface area contributed by atoms with Gasteiger partial charge in [-0.05, 0) is 50.1 Å². The predicted molar refractivity (Wildman–Crippen MR) is 122 cm³/mol. The number of amides is 1. The summed E-state index contributed by atoms with van der Waals surface area (Å²) >= 11 is 6.18. The Labute approximate surface area is 193 Å². The van der Waals surface area contributed by atoms with Crippen LogP contribution in [0.2, 0.25) is 5.02 Å². The molecule has 8 nitrogen and oxygen atoms in total. The zero-order valence-electron chi connectivity index (χ0n) is 18.3. The Bertz CT molecular complexity index is 1080. The third-order valence-corrected chi connectivity index (χ3v) is 7.42. The van der Waals surface area contributed by atoms with Gasteiger partial charge < -0.3 is 19.5 Å². The Hall–Kier alpha value is -2.49. The quantitative estimate of drug-likeness (QED) is 0.615. The molecule has 0 spiro atoms. The molecule has 1 saturated heterocycles. The molecule has 1 atom stereocenters. The molecule has 3 rings (SSSR count). The highest BCUT2D eigenvalue weighted by molar-refractivity contribution is 7.89. The number of hydrogen-bond donors (Lipinski definition) is 1. The second-order valence-corrected chi connectivity index (χ2v) is 9.63. The highest BCUT2D eigenvalue weighted by Crippen LogP contribution is 2.32. The molecule has 2 aromatic rings. The number of nitrogens with zero attached hydrogens (tertiary/aromatic N) is 1. The molecule has 1 N–H and O–H groups in total. The van der Waals surface area contributed by atoms with Crippen molar-refractivity contribution < 1.29 is 27.4 Å². The summed E-state index contributed by atoms with van der Waals surface area (Å²) < 4.78 is 43.6. The molecule has 174 valence electrons. The fraction of sp³-hybridized carbons (Fsp3) is 0.409. The number of benzene rings is 2. The van der Waals surface area contributed by atoms with E-state index in [1.165, 1.54) is 30.7 Å². The molecule has 1 aliphatic heterocycles. The van der Waals surface area contributed by atoms with Crippen molar-refractivity contribution in [3.63, 3.8) is 0 Å². The number of nitrogens with one attached hydrogen (secondary N) is 1. The smallest absolute Gasteiger partial charge is 0.243 e. The van der Waals surface area contributed by atoms with Gasteiger partial charge in [0.1, 0.15) is 17.2 Å². The van der Waals surface area contributed by atoms with E-state index in [1.54, 1.807) is 24.3 Å². The van der Waals surface area contributed by atoms with Crippen LogP contribution in [0.3, 0.4) is 0 Å². The van der Waals surface area contributed by atoms with Crippen LogP contribution >= 0.6 is 11.6 Å². The van der Waals surface area contributed by atoms with Gasteiger partial charge in [-0.15, -0.1) is 0 Å². The molecule has 1 heterocycles. The lowest BCUT2D eigenvalue weighted by atomic mass is 9.98. The van der Waals surface area contributed by atoms with Crippen molar-refractivity contribution in [2.75, 3.05) is 39.2 Å². The molecular weight excluding hydrogens is 456 g/mol. The summed E-state index contributed by atoms with van der Waals surface area (Å²) in [6.07, 6.45) is 1.14. The van der Waals surface area contributed by atoms with E-state index < -0.39 is 15.9 Å². The van der Waals surface area contributed by atoms with E-state index in [1.807, 2.05) is 6.92 Å². The van der Waals surface area contributed by atoms with Crippen molar-refractivity contribution in [2.45, 2.75) is 24.7 Å². The van der Waals surface area contributed by atoms with E-state index in [2.05, 4.69) is 5.32 Å². The van der Waals surface area contributed by atoms with Gasteiger partial charge in [-0.2, -0.15) is 4.31 Å². The highest BCUT2D eigenvalue weighted by atomic mass is 35.5. The Morgan fingerprint density at radius 1 is 1.16 bits per heavy atom. The SMILES string of the molecule is CCOc1ccc(S(=O)(=O)N2CCCC(C(=O)Nc3cc(OC)ccc3OC)C2)cc1Cl. The first-order chi connectivity index (χ1) is 15.3. The minimum atomic E-state index is -3.81. The van der Waals surface area contributed by atoms with Crippen LogP contribution in [-0.4, -0.2) is 52.5 Å². The molecule has 1 unspecified atom stereocenters. The summed E-state index contributed by atoms with van der Waals surface area (Å²) in [5.41, 5.74) is 0.468. The number of piperidine rings is 1. The van der Waals surface area contributed by atoms with Gasteiger partial charge in [0.2, 0.25) is 15.9 Å². The van der Waals surface area contributed by atoms with Gasteiger partial charge in [-0.3, -0.25) is 4.79 Å². The Balaban J connectivity index is 1.76. The molecule has 0 radical (unpaired) electrons. The van der Waals surface area contributed by atoms with E-state index in [0.717, 1.165) is 0 Å². The second kappa shape index (κ2) is 10.4. The largest absolute Gasteiger partial charge is 0.497 e. The maximum atomic E-state index is 13.2. The molecule has 32 heavy (non-hydrogen) atoms. The number of methoxy groups -OCH3 is 2. The summed E-state index contributed by atoms with van der Waals surface area (Å²) in [5.74, 6) is 0.704. The molecule has 0 aromatic heterocycles. The number of rotatable bonds is 8. The van der Waals surface area contributed by atoms with E-state index in [9.17, 15) is 13.2 Å². The standard InChI is InChI=1S/C22H27ClN2O6S/c1-4-31-20-10-8-17(13-18(20)23)32(27,28)25-11-5-6-15(14-25)22(26)24-19-12-16(29-2)7-9-21(19)30-3/h7-10,12-13,15H,4-6,11,14H2,1-3H3,(H,24,26). The van der Waals surface area contributed by atoms with E-state index in [-0.39, 0.29) is 22.4 Å². The highest BCUT2D eigenvalue weighted by Gasteiger charge is 2.34. The van der Waals surface area contributed by atoms with Gasteiger partial charge in [-0.1, -0.05) is 11.6 Å². The molecule has 10 heteroatoms. The van der Waals surface area contributed by atoms with Gasteiger partial charge in [0.15, 0.2) is 0 Å². The number of hydrogen-bond acceptors (Lipinski definition) is 6. The first kappa shape index (κ1) is 24.2. The minimum Gasteiger partial charge on any atom is -0.497 e. The number of carbonyl (C=O) groups excluding carboxylic acids is 1. The zero-order chi connectivity index (χ0) is 23.3. The minimum absolute atomic E-state index is 0.0708. The topological polar surface area (TPSA) is 94.2 Å². The fourth-order valence-corrected chi connectivity index (χ4v) is 5.44. The summed E-state index contributed by atoms with van der Waals surface area (Å²) in [7, 11) is -0.770. The third kappa shape index (κ3) is 5.28. The van der Waals surface area contributed by atoms with Crippen molar-refractivity contribution in [3.8, 4) is 17.2 Å². The zero-order valence-corrected chi connectivity index (χ0v) is 19.8. The molecule has 0 saturated carbocycles. The van der Waals surface area contributed by atoms with Crippen LogP contribution in [-0.2, 0) is 14.8 Å². The van der Waals surface area contributed by atoms with Crippen molar-refractivity contribution in [1.82, 2.24) is 4.31 Å². The second-order valence-electron chi connectivity index (χ2n) is 7.28. The summed E-state index contributed by atoms with van der Waals surface area (Å²) in [6, 6.07) is 9.48. The lowest BCUT2D eigenvalue weighted by Crippen LogP contribution is -2.43. The predicted octanol–water partition coefficient (Wildman–Crippen LogP) is 3.80. The van der Waals surface area contributed by atoms with Gasteiger partial charge in [-0.25, -0.2) is 8.42 Å². The summed E-state index contributed by atoms with van der Waals surface area (Å²) in [6.45, 7) is 2.65. The van der Waals surface area contributed by atoms with Crippen molar-refractivity contribution >= 4 is 33.2 Å². The Morgan fingerprint density at radius 2 is 1.91 bits per heavy atom. The van der Waals surface area contributed by atoms with Crippen LogP contribution in [0.25, 0.3) is 0 Å². The van der Waals surface area contributed by atoms with Crippen molar-refractivity contribution in [2.24, 2.45) is 5.92 Å². The van der Waals surface area contributed by atoms with E-state index >= 15 is 0 Å². The first-order valence-electron chi connectivity index (χ1n) is 10.3. The number of ether oxygens (including phenoxy) is 3. The van der Waals surface area contributed by atoms with Crippen LogP contribution in [0, 0.1) is 5.92 Å². The van der Waals surface area contributed by atoms with Crippen LogP contribution < -0.4 is 19.5 Å². The molecular formula is C22H27ClN2O6S. The molecule has 1 fully saturated rings. The lowest BCUT2D eigenvalue weighted by molar-refractivity contribution is -0.120. The molecule has 1 aliphatic rings. The third-order valence-electron chi connectivity index (χ3n) is 5.26. The average Bonchev–Trinajstić information content (AvgIpc) is 2.80. The van der Waals surface area contributed by atoms with Crippen LogP contribution in [0.1, 0.15) is 19.8 Å². The normalized spacial score (nSPS) is 16.9.